The summed E-state index contributed by atoms with van der Waals surface area (Å²) in [5.41, 5.74) is 3.13. The number of aryl methyl sites for hydroxylation is 1. The Balaban J connectivity index is 1.96. The van der Waals surface area contributed by atoms with Crippen molar-refractivity contribution in [3.8, 4) is 17.2 Å². The molecule has 0 unspecified atom stereocenters. The molecule has 0 spiro atoms. The van der Waals surface area contributed by atoms with Gasteiger partial charge in [-0.1, -0.05) is 44.5 Å². The van der Waals surface area contributed by atoms with Crippen LogP contribution in [-0.4, -0.2) is 26.7 Å². The van der Waals surface area contributed by atoms with Gasteiger partial charge in [0.25, 0.3) is 5.91 Å². The highest BCUT2D eigenvalue weighted by Crippen LogP contribution is 2.32. The maximum Gasteiger partial charge on any atom is 0.258 e. The molecule has 0 aliphatic rings. The van der Waals surface area contributed by atoms with Gasteiger partial charge in [0.1, 0.15) is 5.75 Å². The number of amides is 1. The summed E-state index contributed by atoms with van der Waals surface area (Å²) in [6, 6.07) is 11.6. The van der Waals surface area contributed by atoms with E-state index in [9.17, 15) is 4.79 Å². The Morgan fingerprint density at radius 1 is 0.963 bits per heavy atom. The van der Waals surface area contributed by atoms with Crippen LogP contribution in [0.15, 0.2) is 36.4 Å². The van der Waals surface area contributed by atoms with Gasteiger partial charge in [0.05, 0.1) is 14.2 Å². The molecule has 2 aromatic carbocycles. The number of rotatable bonds is 7. The molecular weight excluding hydrogens is 342 g/mol. The monoisotopic (exact) mass is 371 g/mol. The first-order chi connectivity index (χ1) is 12.7. The van der Waals surface area contributed by atoms with Crippen LogP contribution in [0.2, 0.25) is 0 Å². The van der Waals surface area contributed by atoms with Crippen LogP contribution >= 0.6 is 0 Å². The van der Waals surface area contributed by atoms with Crippen LogP contribution in [0, 0.1) is 6.92 Å². The van der Waals surface area contributed by atoms with Gasteiger partial charge in [0.2, 0.25) is 0 Å². The molecule has 0 aliphatic carbocycles. The SMILES string of the molecule is COc1ccc(CNC(=O)COc2ccc(C)cc2C(C)(C)C)cc1OC. The van der Waals surface area contributed by atoms with E-state index in [-0.39, 0.29) is 17.9 Å². The van der Waals surface area contributed by atoms with Crippen molar-refractivity contribution in [2.45, 2.75) is 39.7 Å². The molecule has 2 rings (SSSR count). The largest absolute Gasteiger partial charge is 0.493 e. The molecular formula is C22H29NO4. The smallest absolute Gasteiger partial charge is 0.258 e. The molecule has 0 bridgehead atoms. The van der Waals surface area contributed by atoms with Crippen molar-refractivity contribution in [2.24, 2.45) is 0 Å². The Kier molecular flexibility index (Phi) is 6.72. The highest BCUT2D eigenvalue weighted by atomic mass is 16.5. The fraction of sp³-hybridized carbons (Fsp3) is 0.409. The number of nitrogens with one attached hydrogen (secondary N) is 1. The normalized spacial score (nSPS) is 11.0. The molecule has 0 fully saturated rings. The van der Waals surface area contributed by atoms with E-state index in [4.69, 9.17) is 14.2 Å². The van der Waals surface area contributed by atoms with E-state index >= 15 is 0 Å². The number of carbonyl (C=O) groups excluding carboxylic acids is 1. The Labute approximate surface area is 161 Å². The van der Waals surface area contributed by atoms with Gasteiger partial charge in [-0.25, -0.2) is 0 Å². The quantitative estimate of drug-likeness (QED) is 0.799. The Hall–Kier alpha value is -2.69. The van der Waals surface area contributed by atoms with Crippen molar-refractivity contribution in [3.05, 3.63) is 53.1 Å². The average Bonchev–Trinajstić information content (AvgIpc) is 2.64. The van der Waals surface area contributed by atoms with E-state index < -0.39 is 0 Å². The van der Waals surface area contributed by atoms with Crippen LogP contribution in [0.25, 0.3) is 0 Å². The second kappa shape index (κ2) is 8.80. The van der Waals surface area contributed by atoms with Crippen LogP contribution in [0.4, 0.5) is 0 Å². The number of methoxy groups -OCH3 is 2. The average molecular weight is 371 g/mol. The van der Waals surface area contributed by atoms with Gasteiger partial charge in [-0.2, -0.15) is 0 Å². The molecule has 1 amide bonds. The lowest BCUT2D eigenvalue weighted by molar-refractivity contribution is -0.123. The summed E-state index contributed by atoms with van der Waals surface area (Å²) >= 11 is 0. The molecule has 0 aromatic heterocycles. The topological polar surface area (TPSA) is 56.8 Å². The van der Waals surface area contributed by atoms with Gasteiger partial charge in [0.15, 0.2) is 18.1 Å². The molecule has 1 N–H and O–H groups in total. The first-order valence-corrected chi connectivity index (χ1v) is 8.96. The van der Waals surface area contributed by atoms with Crippen LogP contribution in [0.5, 0.6) is 17.2 Å². The molecule has 0 heterocycles. The summed E-state index contributed by atoms with van der Waals surface area (Å²) in [7, 11) is 3.18. The Morgan fingerprint density at radius 2 is 1.63 bits per heavy atom. The zero-order valence-corrected chi connectivity index (χ0v) is 17.0. The summed E-state index contributed by atoms with van der Waals surface area (Å²) in [4.78, 5) is 12.2. The Morgan fingerprint density at radius 3 is 2.26 bits per heavy atom. The fourth-order valence-corrected chi connectivity index (χ4v) is 2.74. The van der Waals surface area contributed by atoms with E-state index in [2.05, 4.69) is 39.1 Å². The lowest BCUT2D eigenvalue weighted by Crippen LogP contribution is -2.29. The van der Waals surface area contributed by atoms with Gasteiger partial charge in [-0.3, -0.25) is 4.79 Å². The number of benzene rings is 2. The minimum Gasteiger partial charge on any atom is -0.493 e. The number of carbonyl (C=O) groups is 1. The second-order valence-electron chi connectivity index (χ2n) is 7.50. The van der Waals surface area contributed by atoms with Crippen LogP contribution in [-0.2, 0) is 16.8 Å². The maximum atomic E-state index is 12.2. The zero-order valence-electron chi connectivity index (χ0n) is 17.0. The molecule has 0 atom stereocenters. The summed E-state index contributed by atoms with van der Waals surface area (Å²) < 4.78 is 16.3. The van der Waals surface area contributed by atoms with E-state index in [1.165, 1.54) is 5.56 Å². The van der Waals surface area contributed by atoms with Gasteiger partial charge < -0.3 is 19.5 Å². The van der Waals surface area contributed by atoms with Crippen molar-refractivity contribution >= 4 is 5.91 Å². The molecule has 0 saturated heterocycles. The number of hydrogen-bond acceptors (Lipinski definition) is 4. The highest BCUT2D eigenvalue weighted by Gasteiger charge is 2.19. The molecule has 0 saturated carbocycles. The minimum absolute atomic E-state index is 0.0283. The van der Waals surface area contributed by atoms with Crippen LogP contribution in [0.3, 0.4) is 0 Å². The molecule has 0 aliphatic heterocycles. The third-order valence-electron chi connectivity index (χ3n) is 4.24. The van der Waals surface area contributed by atoms with Crippen molar-refractivity contribution in [1.29, 1.82) is 0 Å². The molecule has 5 nitrogen and oxygen atoms in total. The standard InChI is InChI=1S/C22H29NO4/c1-15-7-9-18(17(11-15)22(2,3)4)27-14-21(24)23-13-16-8-10-19(25-5)20(12-16)26-6/h7-12H,13-14H2,1-6H3,(H,23,24). The third-order valence-corrected chi connectivity index (χ3v) is 4.24. The van der Waals surface area contributed by atoms with E-state index in [1.54, 1.807) is 14.2 Å². The highest BCUT2D eigenvalue weighted by molar-refractivity contribution is 5.77. The zero-order chi connectivity index (χ0) is 20.0. The lowest BCUT2D eigenvalue weighted by Gasteiger charge is -2.23. The van der Waals surface area contributed by atoms with Crippen molar-refractivity contribution in [3.63, 3.8) is 0 Å². The van der Waals surface area contributed by atoms with E-state index in [0.717, 1.165) is 16.9 Å². The van der Waals surface area contributed by atoms with Gasteiger partial charge >= 0.3 is 0 Å². The van der Waals surface area contributed by atoms with Crippen LogP contribution in [0.1, 0.15) is 37.5 Å². The summed E-state index contributed by atoms with van der Waals surface area (Å²) in [5.74, 6) is 1.86. The lowest BCUT2D eigenvalue weighted by atomic mass is 9.85. The molecule has 5 heteroatoms. The molecule has 27 heavy (non-hydrogen) atoms. The van der Waals surface area contributed by atoms with E-state index in [0.29, 0.717) is 18.0 Å². The fourth-order valence-electron chi connectivity index (χ4n) is 2.74. The number of hydrogen-bond donors (Lipinski definition) is 1. The predicted octanol–water partition coefficient (Wildman–Crippen LogP) is 4.00. The Bertz CT molecular complexity index is 793. The predicted molar refractivity (Wildman–Crippen MR) is 107 cm³/mol. The van der Waals surface area contributed by atoms with Crippen molar-refractivity contribution in [2.75, 3.05) is 20.8 Å². The summed E-state index contributed by atoms with van der Waals surface area (Å²) in [6.07, 6.45) is 0. The summed E-state index contributed by atoms with van der Waals surface area (Å²) in [6.45, 7) is 8.81. The molecule has 0 radical (unpaired) electrons. The van der Waals surface area contributed by atoms with Gasteiger partial charge in [-0.15, -0.1) is 0 Å². The van der Waals surface area contributed by atoms with Crippen molar-refractivity contribution < 1.29 is 19.0 Å². The first kappa shape index (κ1) is 20.6. The van der Waals surface area contributed by atoms with Crippen LogP contribution < -0.4 is 19.5 Å². The number of ether oxygens (including phenoxy) is 3. The summed E-state index contributed by atoms with van der Waals surface area (Å²) in [5, 5.41) is 2.87. The second-order valence-corrected chi connectivity index (χ2v) is 7.50. The van der Waals surface area contributed by atoms with Crippen molar-refractivity contribution in [1.82, 2.24) is 5.32 Å². The first-order valence-electron chi connectivity index (χ1n) is 8.96. The maximum absolute atomic E-state index is 12.2. The van der Waals surface area contributed by atoms with Gasteiger partial charge in [0, 0.05) is 6.54 Å². The minimum atomic E-state index is -0.176. The van der Waals surface area contributed by atoms with Gasteiger partial charge in [-0.05, 0) is 41.7 Å². The molecule has 2 aromatic rings. The third kappa shape index (κ3) is 5.64. The molecule has 146 valence electrons. The van der Waals surface area contributed by atoms with E-state index in [1.807, 2.05) is 30.3 Å².